The standard InChI is InChI=1S/C8H10N2.H2/c1-4-7-8(5-2)10-6(3)9-7;/h4-5H,1-2H2,3H3,(H,9,10);1H. The minimum absolute atomic E-state index is 0. The number of aromatic nitrogens is 2. The molecule has 0 fully saturated rings. The molecule has 1 rings (SSSR count). The normalized spacial score (nSPS) is 9.30. The molecule has 1 aromatic heterocycles. The summed E-state index contributed by atoms with van der Waals surface area (Å²) in [7, 11) is 0. The zero-order valence-corrected chi connectivity index (χ0v) is 6.02. The van der Waals surface area contributed by atoms with Gasteiger partial charge in [-0.2, -0.15) is 0 Å². The van der Waals surface area contributed by atoms with Crippen LogP contribution in [0.2, 0.25) is 0 Å². The van der Waals surface area contributed by atoms with Crippen molar-refractivity contribution in [3.05, 3.63) is 30.4 Å². The van der Waals surface area contributed by atoms with Crippen molar-refractivity contribution in [2.45, 2.75) is 6.92 Å². The van der Waals surface area contributed by atoms with E-state index in [0.717, 1.165) is 17.2 Å². The number of imidazole rings is 1. The summed E-state index contributed by atoms with van der Waals surface area (Å²) in [6, 6.07) is 0. The third-order valence-electron chi connectivity index (χ3n) is 1.28. The maximum absolute atomic E-state index is 4.16. The van der Waals surface area contributed by atoms with Crippen LogP contribution in [0.3, 0.4) is 0 Å². The van der Waals surface area contributed by atoms with Crippen molar-refractivity contribution in [1.82, 2.24) is 9.97 Å². The summed E-state index contributed by atoms with van der Waals surface area (Å²) in [4.78, 5) is 7.20. The molecule has 0 aliphatic carbocycles. The second-order valence-electron chi connectivity index (χ2n) is 2.03. The van der Waals surface area contributed by atoms with Crippen molar-refractivity contribution in [2.24, 2.45) is 0 Å². The molecule has 0 aromatic carbocycles. The quantitative estimate of drug-likeness (QED) is 0.663. The first-order chi connectivity index (χ1) is 4.77. The summed E-state index contributed by atoms with van der Waals surface area (Å²) in [5.41, 5.74) is 1.81. The van der Waals surface area contributed by atoms with E-state index in [1.54, 1.807) is 12.2 Å². The Labute approximate surface area is 61.8 Å². The van der Waals surface area contributed by atoms with Gasteiger partial charge in [0.15, 0.2) is 0 Å². The highest BCUT2D eigenvalue weighted by molar-refractivity contribution is 5.57. The molecule has 54 valence electrons. The number of nitrogens with one attached hydrogen (secondary N) is 1. The molecule has 0 aliphatic rings. The molecule has 0 saturated heterocycles. The maximum atomic E-state index is 4.16. The molecule has 0 radical (unpaired) electrons. The molecule has 0 aliphatic heterocycles. The number of H-pyrrole nitrogens is 1. The maximum Gasteiger partial charge on any atom is 0.104 e. The number of rotatable bonds is 2. The molecule has 1 heterocycles. The number of aromatic amines is 1. The van der Waals surface area contributed by atoms with Crippen LogP contribution in [0.25, 0.3) is 12.2 Å². The number of hydrogen-bond donors (Lipinski definition) is 1. The van der Waals surface area contributed by atoms with Gasteiger partial charge in [-0.15, -0.1) is 0 Å². The minimum Gasteiger partial charge on any atom is -0.342 e. The fourth-order valence-electron chi connectivity index (χ4n) is 0.839. The van der Waals surface area contributed by atoms with E-state index < -0.39 is 0 Å². The Kier molecular flexibility index (Phi) is 1.71. The van der Waals surface area contributed by atoms with Crippen LogP contribution in [-0.2, 0) is 0 Å². The largest absolute Gasteiger partial charge is 0.342 e. The summed E-state index contributed by atoms with van der Waals surface area (Å²) < 4.78 is 0. The Morgan fingerprint density at radius 3 is 2.60 bits per heavy atom. The van der Waals surface area contributed by atoms with Crippen LogP contribution in [0.1, 0.15) is 18.6 Å². The Balaban J connectivity index is 0.000001000. The van der Waals surface area contributed by atoms with Crippen molar-refractivity contribution in [2.75, 3.05) is 0 Å². The van der Waals surface area contributed by atoms with E-state index in [1.807, 2.05) is 6.92 Å². The van der Waals surface area contributed by atoms with E-state index in [9.17, 15) is 0 Å². The lowest BCUT2D eigenvalue weighted by molar-refractivity contribution is 1.14. The van der Waals surface area contributed by atoms with E-state index in [2.05, 4.69) is 23.1 Å². The zero-order chi connectivity index (χ0) is 7.56. The van der Waals surface area contributed by atoms with Crippen molar-refractivity contribution < 1.29 is 1.43 Å². The highest BCUT2D eigenvalue weighted by atomic mass is 14.9. The van der Waals surface area contributed by atoms with Crippen molar-refractivity contribution in [3.63, 3.8) is 0 Å². The lowest BCUT2D eigenvalue weighted by atomic mass is 10.3. The zero-order valence-electron chi connectivity index (χ0n) is 6.02. The molecule has 0 spiro atoms. The van der Waals surface area contributed by atoms with Crippen LogP contribution in [0, 0.1) is 6.92 Å². The van der Waals surface area contributed by atoms with E-state index in [1.165, 1.54) is 0 Å². The SMILES string of the molecule is C=Cc1nc(C)[nH]c1C=C.[HH]. The van der Waals surface area contributed by atoms with Gasteiger partial charge < -0.3 is 4.98 Å². The fourth-order valence-corrected chi connectivity index (χ4v) is 0.839. The molecular formula is C8H12N2. The van der Waals surface area contributed by atoms with Crippen LogP contribution in [0.15, 0.2) is 13.2 Å². The van der Waals surface area contributed by atoms with Crippen molar-refractivity contribution in [1.29, 1.82) is 0 Å². The third-order valence-corrected chi connectivity index (χ3v) is 1.28. The Bertz CT molecular complexity index is 238. The third kappa shape index (κ3) is 1.00. The van der Waals surface area contributed by atoms with Crippen LogP contribution < -0.4 is 0 Å². The van der Waals surface area contributed by atoms with E-state index in [-0.39, 0.29) is 1.43 Å². The van der Waals surface area contributed by atoms with Crippen LogP contribution in [0.4, 0.5) is 0 Å². The summed E-state index contributed by atoms with van der Waals surface area (Å²) in [6.07, 6.45) is 3.44. The predicted molar refractivity (Wildman–Crippen MR) is 45.6 cm³/mol. The average Bonchev–Trinajstić information content (AvgIpc) is 2.30. The number of nitrogens with zero attached hydrogens (tertiary/aromatic N) is 1. The van der Waals surface area contributed by atoms with Gasteiger partial charge in [0.2, 0.25) is 0 Å². The van der Waals surface area contributed by atoms with Crippen molar-refractivity contribution >= 4 is 12.2 Å². The van der Waals surface area contributed by atoms with E-state index in [4.69, 9.17) is 0 Å². The monoisotopic (exact) mass is 136 g/mol. The van der Waals surface area contributed by atoms with Crippen molar-refractivity contribution in [3.8, 4) is 0 Å². The lowest BCUT2D eigenvalue weighted by Crippen LogP contribution is -1.73. The average molecular weight is 136 g/mol. The molecule has 0 unspecified atom stereocenters. The Morgan fingerprint density at radius 2 is 2.20 bits per heavy atom. The smallest absolute Gasteiger partial charge is 0.104 e. The van der Waals surface area contributed by atoms with Gasteiger partial charge in [-0.25, -0.2) is 4.98 Å². The first-order valence-corrected chi connectivity index (χ1v) is 3.09. The van der Waals surface area contributed by atoms with Gasteiger partial charge in [-0.1, -0.05) is 13.2 Å². The first-order valence-electron chi connectivity index (χ1n) is 3.09. The van der Waals surface area contributed by atoms with Gasteiger partial charge in [-0.3, -0.25) is 0 Å². The van der Waals surface area contributed by atoms with Crippen LogP contribution in [-0.4, -0.2) is 9.97 Å². The molecule has 0 atom stereocenters. The van der Waals surface area contributed by atoms with Crippen LogP contribution >= 0.6 is 0 Å². The number of aryl methyl sites for hydroxylation is 1. The van der Waals surface area contributed by atoms with Gasteiger partial charge in [-0.05, 0) is 19.1 Å². The molecule has 2 heteroatoms. The minimum atomic E-state index is 0. The molecule has 0 bridgehead atoms. The molecule has 2 nitrogen and oxygen atoms in total. The topological polar surface area (TPSA) is 28.7 Å². The Morgan fingerprint density at radius 1 is 1.50 bits per heavy atom. The van der Waals surface area contributed by atoms with E-state index in [0.29, 0.717) is 0 Å². The van der Waals surface area contributed by atoms with Gasteiger partial charge in [0.25, 0.3) is 0 Å². The van der Waals surface area contributed by atoms with Crippen LogP contribution in [0.5, 0.6) is 0 Å². The summed E-state index contributed by atoms with van der Waals surface area (Å²) in [5.74, 6) is 0.893. The fraction of sp³-hybridized carbons (Fsp3) is 0.125. The second-order valence-corrected chi connectivity index (χ2v) is 2.03. The summed E-state index contributed by atoms with van der Waals surface area (Å²) in [6.45, 7) is 9.16. The summed E-state index contributed by atoms with van der Waals surface area (Å²) in [5, 5.41) is 0. The lowest BCUT2D eigenvalue weighted by Gasteiger charge is -1.84. The molecule has 0 saturated carbocycles. The molecule has 0 amide bonds. The predicted octanol–water partition coefficient (Wildman–Crippen LogP) is 2.25. The van der Waals surface area contributed by atoms with E-state index >= 15 is 0 Å². The molecule has 1 N–H and O–H groups in total. The molecule has 1 aromatic rings. The van der Waals surface area contributed by atoms with Gasteiger partial charge in [0.05, 0.1) is 11.4 Å². The summed E-state index contributed by atoms with van der Waals surface area (Å²) >= 11 is 0. The van der Waals surface area contributed by atoms with Gasteiger partial charge >= 0.3 is 0 Å². The second kappa shape index (κ2) is 2.52. The first kappa shape index (κ1) is 6.81. The highest BCUT2D eigenvalue weighted by Crippen LogP contribution is 2.07. The molecular weight excluding hydrogens is 124 g/mol. The number of hydrogen-bond acceptors (Lipinski definition) is 1. The van der Waals surface area contributed by atoms with Gasteiger partial charge in [0, 0.05) is 1.43 Å². The molecule has 10 heavy (non-hydrogen) atoms. The van der Waals surface area contributed by atoms with Gasteiger partial charge in [0.1, 0.15) is 5.82 Å². The highest BCUT2D eigenvalue weighted by Gasteiger charge is 1.98. The Hall–Kier alpha value is -1.31.